The maximum Gasteiger partial charge on any atom is 0.270 e. The minimum absolute atomic E-state index is 0.480. The largest absolute Gasteiger partial charge is 0.594 e. The second-order valence-corrected chi connectivity index (χ2v) is 7.03. The third kappa shape index (κ3) is 3.71. The lowest BCUT2D eigenvalue weighted by molar-refractivity contribution is -0.640. The number of ether oxygens (including phenoxy) is 1. The van der Waals surface area contributed by atoms with Crippen LogP contribution in [-0.2, 0) is 0 Å². The highest BCUT2D eigenvalue weighted by atomic mass is 127. The van der Waals surface area contributed by atoms with Crippen LogP contribution >= 0.6 is 22.6 Å². The molecule has 0 saturated heterocycles. The lowest BCUT2D eigenvalue weighted by Crippen LogP contribution is -2.33. The van der Waals surface area contributed by atoms with Gasteiger partial charge in [-0.15, -0.1) is 0 Å². The summed E-state index contributed by atoms with van der Waals surface area (Å²) in [6, 6.07) is 5.41. The molecular formula is C17H21IN4O2. The molecule has 0 saturated carbocycles. The summed E-state index contributed by atoms with van der Waals surface area (Å²) in [6.45, 7) is 2.92. The molecule has 6 nitrogen and oxygen atoms in total. The van der Waals surface area contributed by atoms with Gasteiger partial charge in [0.2, 0.25) is 5.65 Å². The minimum Gasteiger partial charge on any atom is -0.594 e. The zero-order chi connectivity index (χ0) is 16.9. The molecule has 0 aliphatic carbocycles. The Morgan fingerprint density at radius 3 is 2.83 bits per heavy atom. The van der Waals surface area contributed by atoms with Gasteiger partial charge in [0.05, 0.1) is 16.4 Å². The SMILES string of the molecule is CCCCCCCCOc1ccc2c(c1)n1ncc(I)c1n[n+]2[O-]. The summed E-state index contributed by atoms with van der Waals surface area (Å²) in [5.41, 5.74) is 1.75. The molecule has 0 radical (unpaired) electrons. The van der Waals surface area contributed by atoms with Crippen LogP contribution in [-0.4, -0.2) is 21.3 Å². The Morgan fingerprint density at radius 2 is 2.00 bits per heavy atom. The second-order valence-electron chi connectivity index (χ2n) is 5.87. The molecule has 128 valence electrons. The van der Waals surface area contributed by atoms with Gasteiger partial charge in [-0.2, -0.15) is 5.10 Å². The standard InChI is InChI=1S/C17H21IN4O2/c1-2-3-4-5-6-7-10-24-13-8-9-15-16(11-13)21-17(20-22(15)23)14(18)12-19-21/h8-9,11-12H,2-7,10H2,1H3. The zero-order valence-corrected chi connectivity index (χ0v) is 15.9. The van der Waals surface area contributed by atoms with Crippen molar-refractivity contribution in [2.24, 2.45) is 0 Å². The number of nitrogens with zero attached hydrogens (tertiary/aromatic N) is 4. The Kier molecular flexibility index (Phi) is 5.70. The number of hydrogen-bond acceptors (Lipinski definition) is 4. The molecule has 3 rings (SSSR count). The molecule has 0 atom stereocenters. The molecule has 7 heteroatoms. The van der Waals surface area contributed by atoms with Crippen molar-refractivity contribution < 1.29 is 9.58 Å². The van der Waals surface area contributed by atoms with Gasteiger partial charge in [-0.1, -0.05) is 39.0 Å². The lowest BCUT2D eigenvalue weighted by Gasteiger charge is -2.07. The summed E-state index contributed by atoms with van der Waals surface area (Å²) in [4.78, 5) is 0.645. The van der Waals surface area contributed by atoms with Gasteiger partial charge in [0.1, 0.15) is 11.3 Å². The smallest absolute Gasteiger partial charge is 0.270 e. The number of aromatic nitrogens is 4. The maximum atomic E-state index is 12.1. The van der Waals surface area contributed by atoms with Crippen LogP contribution in [0.2, 0.25) is 0 Å². The Morgan fingerprint density at radius 1 is 1.21 bits per heavy atom. The number of halogens is 1. The highest BCUT2D eigenvalue weighted by Crippen LogP contribution is 2.21. The molecule has 0 bridgehead atoms. The van der Waals surface area contributed by atoms with E-state index < -0.39 is 0 Å². The first kappa shape index (κ1) is 17.2. The van der Waals surface area contributed by atoms with E-state index >= 15 is 0 Å². The normalized spacial score (nSPS) is 11.4. The van der Waals surface area contributed by atoms with E-state index in [2.05, 4.69) is 39.7 Å². The lowest BCUT2D eigenvalue weighted by atomic mass is 10.1. The van der Waals surface area contributed by atoms with Gasteiger partial charge in [-0.25, -0.2) is 4.52 Å². The Labute approximate surface area is 154 Å². The fourth-order valence-electron chi connectivity index (χ4n) is 2.73. The van der Waals surface area contributed by atoms with Crippen LogP contribution in [0.5, 0.6) is 5.75 Å². The van der Waals surface area contributed by atoms with Crippen molar-refractivity contribution in [2.75, 3.05) is 6.61 Å². The maximum absolute atomic E-state index is 12.1. The molecule has 2 heterocycles. The summed E-state index contributed by atoms with van der Waals surface area (Å²) < 4.78 is 8.37. The van der Waals surface area contributed by atoms with Crippen LogP contribution < -0.4 is 9.58 Å². The van der Waals surface area contributed by atoms with Crippen molar-refractivity contribution in [2.45, 2.75) is 45.4 Å². The first-order valence-electron chi connectivity index (χ1n) is 8.40. The van der Waals surface area contributed by atoms with Gasteiger partial charge in [-0.3, -0.25) is 0 Å². The van der Waals surface area contributed by atoms with E-state index in [1.807, 2.05) is 12.1 Å². The summed E-state index contributed by atoms with van der Waals surface area (Å²) >= 11 is 2.12. The Hall–Kier alpha value is -1.64. The van der Waals surface area contributed by atoms with Gasteiger partial charge < -0.3 is 9.94 Å². The Balaban J connectivity index is 1.70. The second kappa shape index (κ2) is 7.96. The van der Waals surface area contributed by atoms with Crippen LogP contribution in [0, 0.1) is 8.78 Å². The van der Waals surface area contributed by atoms with Crippen LogP contribution in [0.4, 0.5) is 0 Å². The summed E-state index contributed by atoms with van der Waals surface area (Å²) in [5, 5.41) is 20.4. The minimum atomic E-state index is 0.480. The molecule has 0 amide bonds. The van der Waals surface area contributed by atoms with Crippen molar-refractivity contribution in [3.63, 3.8) is 0 Å². The molecule has 1 aromatic carbocycles. The van der Waals surface area contributed by atoms with Crippen LogP contribution in [0.15, 0.2) is 24.4 Å². The molecule has 24 heavy (non-hydrogen) atoms. The summed E-state index contributed by atoms with van der Waals surface area (Å²) in [7, 11) is 0. The van der Waals surface area contributed by atoms with E-state index in [-0.39, 0.29) is 0 Å². The van der Waals surface area contributed by atoms with Crippen molar-refractivity contribution in [1.82, 2.24) is 14.7 Å². The van der Waals surface area contributed by atoms with Crippen molar-refractivity contribution >= 4 is 39.3 Å². The van der Waals surface area contributed by atoms with E-state index in [0.29, 0.717) is 28.1 Å². The number of fused-ring (bicyclic) bond motifs is 3. The fraction of sp³-hybridized carbons (Fsp3) is 0.471. The number of hydrogen-bond donors (Lipinski definition) is 0. The number of benzene rings is 1. The van der Waals surface area contributed by atoms with Gasteiger partial charge in [0, 0.05) is 17.2 Å². The molecule has 0 fully saturated rings. The fourth-order valence-corrected chi connectivity index (χ4v) is 3.19. The van der Waals surface area contributed by atoms with E-state index in [0.717, 1.165) is 15.7 Å². The Bertz CT molecular complexity index is 834. The molecule has 0 N–H and O–H groups in total. The van der Waals surface area contributed by atoms with Gasteiger partial charge in [0.15, 0.2) is 0 Å². The molecule has 0 spiro atoms. The van der Waals surface area contributed by atoms with Crippen molar-refractivity contribution in [1.29, 1.82) is 0 Å². The van der Waals surface area contributed by atoms with E-state index in [1.54, 1.807) is 16.8 Å². The van der Waals surface area contributed by atoms with Gasteiger partial charge >= 0.3 is 0 Å². The predicted octanol–water partition coefficient (Wildman–Crippen LogP) is 3.86. The van der Waals surface area contributed by atoms with Gasteiger partial charge in [-0.05, 0) is 39.9 Å². The molecule has 2 aromatic heterocycles. The van der Waals surface area contributed by atoms with Crippen molar-refractivity contribution in [3.8, 4) is 5.75 Å². The first-order chi connectivity index (χ1) is 11.7. The highest BCUT2D eigenvalue weighted by molar-refractivity contribution is 14.1. The molecule has 0 aliphatic rings. The average Bonchev–Trinajstić information content (AvgIpc) is 2.95. The van der Waals surface area contributed by atoms with E-state index in [4.69, 9.17) is 4.74 Å². The summed E-state index contributed by atoms with van der Waals surface area (Å²) in [6.07, 6.45) is 9.10. The van der Waals surface area contributed by atoms with E-state index in [9.17, 15) is 5.21 Å². The monoisotopic (exact) mass is 440 g/mol. The average molecular weight is 440 g/mol. The van der Waals surface area contributed by atoms with Crippen LogP contribution in [0.25, 0.3) is 16.7 Å². The van der Waals surface area contributed by atoms with E-state index in [1.165, 1.54) is 32.1 Å². The van der Waals surface area contributed by atoms with Gasteiger partial charge in [0.25, 0.3) is 5.52 Å². The van der Waals surface area contributed by atoms with Crippen LogP contribution in [0.3, 0.4) is 0 Å². The van der Waals surface area contributed by atoms with Crippen LogP contribution in [0.1, 0.15) is 45.4 Å². The molecular weight excluding hydrogens is 419 g/mol. The molecule has 0 unspecified atom stereocenters. The summed E-state index contributed by atoms with van der Waals surface area (Å²) in [5.74, 6) is 0.758. The topological polar surface area (TPSA) is 66.4 Å². The number of rotatable bonds is 8. The first-order valence-corrected chi connectivity index (χ1v) is 9.48. The third-order valence-corrected chi connectivity index (χ3v) is 4.80. The quantitative estimate of drug-likeness (QED) is 0.231. The highest BCUT2D eigenvalue weighted by Gasteiger charge is 2.15. The number of unbranched alkanes of at least 4 members (excludes halogenated alkanes) is 5. The molecule has 3 aromatic rings. The molecule has 0 aliphatic heterocycles. The zero-order valence-electron chi connectivity index (χ0n) is 13.7. The van der Waals surface area contributed by atoms with Crippen molar-refractivity contribution in [3.05, 3.63) is 33.2 Å². The predicted molar refractivity (Wildman–Crippen MR) is 101 cm³/mol. The third-order valence-electron chi connectivity index (χ3n) is 4.03.